The molecule has 0 fully saturated rings. The lowest BCUT2D eigenvalue weighted by molar-refractivity contribution is -0.386. The second-order valence-corrected chi connectivity index (χ2v) is 4.05. The zero-order valence-electron chi connectivity index (χ0n) is 10.4. The predicted molar refractivity (Wildman–Crippen MR) is 66.4 cm³/mol. The number of nitrogens with zero attached hydrogens (tertiary/aromatic N) is 2. The summed E-state index contributed by atoms with van der Waals surface area (Å²) in [6, 6.07) is 3.93. The first-order valence-corrected chi connectivity index (χ1v) is 5.59. The molecule has 0 saturated heterocycles. The number of hydrogen-bond acceptors (Lipinski definition) is 5. The van der Waals surface area contributed by atoms with E-state index in [1.807, 2.05) is 0 Å². The number of halogens is 1. The quantitative estimate of drug-likeness (QED) is 0.679. The van der Waals surface area contributed by atoms with Gasteiger partial charge in [-0.25, -0.2) is 0 Å². The van der Waals surface area contributed by atoms with Crippen LogP contribution in [-0.2, 0) is 6.54 Å². The predicted octanol–water partition coefficient (Wildman–Crippen LogP) is 2.95. The second kappa shape index (κ2) is 5.05. The molecule has 0 radical (unpaired) electrons. The van der Waals surface area contributed by atoms with Crippen molar-refractivity contribution in [3.8, 4) is 0 Å². The molecule has 1 aromatic heterocycles. The van der Waals surface area contributed by atoms with Crippen LogP contribution in [-0.4, -0.2) is 10.1 Å². The Morgan fingerprint density at radius 2 is 2.21 bits per heavy atom. The minimum atomic E-state index is -0.867. The molecular formula is C12H12FN3O3. The zero-order chi connectivity index (χ0) is 14.0. The van der Waals surface area contributed by atoms with Gasteiger partial charge in [0.2, 0.25) is 5.82 Å². The monoisotopic (exact) mass is 265 g/mol. The van der Waals surface area contributed by atoms with Gasteiger partial charge in [0, 0.05) is 12.1 Å². The summed E-state index contributed by atoms with van der Waals surface area (Å²) in [7, 11) is 0. The van der Waals surface area contributed by atoms with E-state index in [1.165, 1.54) is 12.1 Å². The van der Waals surface area contributed by atoms with E-state index in [9.17, 15) is 14.5 Å². The molecule has 1 heterocycles. The van der Waals surface area contributed by atoms with Gasteiger partial charge in [-0.05, 0) is 26.0 Å². The second-order valence-electron chi connectivity index (χ2n) is 4.05. The highest BCUT2D eigenvalue weighted by Crippen LogP contribution is 2.28. The zero-order valence-corrected chi connectivity index (χ0v) is 10.4. The van der Waals surface area contributed by atoms with Crippen molar-refractivity contribution in [1.29, 1.82) is 0 Å². The van der Waals surface area contributed by atoms with E-state index in [1.54, 1.807) is 13.8 Å². The van der Waals surface area contributed by atoms with Crippen LogP contribution in [0.4, 0.5) is 15.8 Å². The van der Waals surface area contributed by atoms with Crippen LogP contribution in [0.2, 0.25) is 0 Å². The number of rotatable bonds is 4. The van der Waals surface area contributed by atoms with Gasteiger partial charge in [0.1, 0.15) is 11.4 Å². The fourth-order valence-corrected chi connectivity index (χ4v) is 1.78. The molecular weight excluding hydrogens is 253 g/mol. The molecule has 0 aliphatic rings. The Morgan fingerprint density at radius 1 is 1.47 bits per heavy atom. The number of benzene rings is 1. The van der Waals surface area contributed by atoms with Crippen LogP contribution in [0.15, 0.2) is 22.7 Å². The number of nitro groups is 1. The molecule has 0 aliphatic carbocycles. The minimum Gasteiger partial charge on any atom is -0.375 e. The molecule has 100 valence electrons. The Hall–Kier alpha value is -2.44. The first-order valence-electron chi connectivity index (χ1n) is 5.59. The van der Waals surface area contributed by atoms with Gasteiger partial charge in [-0.15, -0.1) is 0 Å². The summed E-state index contributed by atoms with van der Waals surface area (Å²) in [4.78, 5) is 10.1. The number of hydrogen-bond donors (Lipinski definition) is 1. The largest absolute Gasteiger partial charge is 0.375 e. The maximum atomic E-state index is 13.4. The van der Waals surface area contributed by atoms with Gasteiger partial charge in [0.05, 0.1) is 10.6 Å². The van der Waals surface area contributed by atoms with Crippen LogP contribution in [0, 0.1) is 29.8 Å². The molecule has 2 rings (SSSR count). The Morgan fingerprint density at radius 3 is 2.79 bits per heavy atom. The van der Waals surface area contributed by atoms with Crippen LogP contribution in [0.5, 0.6) is 0 Å². The fraction of sp³-hybridized carbons (Fsp3) is 0.250. The van der Waals surface area contributed by atoms with Crippen LogP contribution in [0.25, 0.3) is 0 Å². The molecule has 1 N–H and O–H groups in total. The molecule has 2 aromatic rings. The Balaban J connectivity index is 2.25. The molecule has 0 unspecified atom stereocenters. The van der Waals surface area contributed by atoms with Crippen LogP contribution in [0.3, 0.4) is 0 Å². The average molecular weight is 265 g/mol. The van der Waals surface area contributed by atoms with Crippen molar-refractivity contribution in [2.75, 3.05) is 5.32 Å². The van der Waals surface area contributed by atoms with E-state index in [0.29, 0.717) is 11.5 Å². The van der Waals surface area contributed by atoms with E-state index < -0.39 is 16.4 Å². The molecule has 0 atom stereocenters. The summed E-state index contributed by atoms with van der Waals surface area (Å²) in [6.07, 6.45) is 0. The van der Waals surface area contributed by atoms with Crippen LogP contribution >= 0.6 is 0 Å². The van der Waals surface area contributed by atoms with Crippen molar-refractivity contribution < 1.29 is 13.8 Å². The lowest BCUT2D eigenvalue weighted by Gasteiger charge is -2.07. The Bertz CT molecular complexity index is 605. The highest BCUT2D eigenvalue weighted by atomic mass is 19.1. The lowest BCUT2D eigenvalue weighted by Crippen LogP contribution is -2.05. The van der Waals surface area contributed by atoms with E-state index in [-0.39, 0.29) is 12.2 Å². The van der Waals surface area contributed by atoms with Crippen LogP contribution in [0.1, 0.15) is 17.0 Å². The number of nitrogens with one attached hydrogen (secondary N) is 1. The normalized spacial score (nSPS) is 10.5. The van der Waals surface area contributed by atoms with Gasteiger partial charge in [0.15, 0.2) is 0 Å². The fourth-order valence-electron chi connectivity index (χ4n) is 1.78. The topological polar surface area (TPSA) is 81.2 Å². The lowest BCUT2D eigenvalue weighted by atomic mass is 10.2. The van der Waals surface area contributed by atoms with Gasteiger partial charge in [0.25, 0.3) is 0 Å². The third kappa shape index (κ3) is 2.54. The third-order valence-electron chi connectivity index (χ3n) is 2.81. The highest BCUT2D eigenvalue weighted by molar-refractivity contribution is 5.62. The molecule has 0 bridgehead atoms. The summed E-state index contributed by atoms with van der Waals surface area (Å²) in [5.74, 6) is -0.238. The van der Waals surface area contributed by atoms with Gasteiger partial charge in [-0.3, -0.25) is 10.1 Å². The third-order valence-corrected chi connectivity index (χ3v) is 2.81. The summed E-state index contributed by atoms with van der Waals surface area (Å²) >= 11 is 0. The van der Waals surface area contributed by atoms with Gasteiger partial charge < -0.3 is 9.84 Å². The Labute approximate surface area is 108 Å². The SMILES string of the molecule is Cc1noc(C)c1CNc1cccc(F)c1[N+](=O)[O-]. The maximum absolute atomic E-state index is 13.4. The van der Waals surface area contributed by atoms with E-state index in [4.69, 9.17) is 4.52 Å². The summed E-state index contributed by atoms with van der Waals surface area (Å²) < 4.78 is 18.4. The van der Waals surface area contributed by atoms with Crippen LogP contribution < -0.4 is 5.32 Å². The molecule has 0 spiro atoms. The number of para-hydroxylation sites is 1. The first kappa shape index (κ1) is 13.0. The molecule has 0 aliphatic heterocycles. The molecule has 19 heavy (non-hydrogen) atoms. The van der Waals surface area contributed by atoms with Crippen molar-refractivity contribution in [3.63, 3.8) is 0 Å². The minimum absolute atomic E-state index is 0.130. The summed E-state index contributed by atoms with van der Waals surface area (Å²) in [6.45, 7) is 3.80. The average Bonchev–Trinajstić information content (AvgIpc) is 2.66. The molecule has 0 amide bonds. The van der Waals surface area contributed by atoms with E-state index >= 15 is 0 Å². The standard InChI is InChI=1S/C12H12FN3O3/c1-7-9(8(2)19-15-7)6-14-11-5-3-4-10(13)12(11)16(17)18/h3-5,14H,6H2,1-2H3. The molecule has 6 nitrogen and oxygen atoms in total. The maximum Gasteiger partial charge on any atom is 0.327 e. The highest BCUT2D eigenvalue weighted by Gasteiger charge is 2.20. The van der Waals surface area contributed by atoms with Crippen molar-refractivity contribution in [2.45, 2.75) is 20.4 Å². The molecule has 1 aromatic carbocycles. The summed E-state index contributed by atoms with van der Waals surface area (Å²) in [5, 5.41) is 17.5. The van der Waals surface area contributed by atoms with E-state index in [0.717, 1.165) is 11.6 Å². The smallest absolute Gasteiger partial charge is 0.327 e. The van der Waals surface area contributed by atoms with Crippen molar-refractivity contribution in [2.24, 2.45) is 0 Å². The van der Waals surface area contributed by atoms with Crippen molar-refractivity contribution in [3.05, 3.63) is 51.1 Å². The number of anilines is 1. The number of aromatic nitrogens is 1. The Kier molecular flexibility index (Phi) is 3.46. The number of aryl methyl sites for hydroxylation is 2. The van der Waals surface area contributed by atoms with Gasteiger partial charge >= 0.3 is 5.69 Å². The summed E-state index contributed by atoms with van der Waals surface area (Å²) in [5.41, 5.74) is 1.07. The van der Waals surface area contributed by atoms with E-state index in [2.05, 4.69) is 10.5 Å². The van der Waals surface area contributed by atoms with Gasteiger partial charge in [-0.2, -0.15) is 4.39 Å². The van der Waals surface area contributed by atoms with Crippen molar-refractivity contribution >= 4 is 11.4 Å². The first-order chi connectivity index (χ1) is 9.00. The van der Waals surface area contributed by atoms with Gasteiger partial charge in [-0.1, -0.05) is 11.2 Å². The molecule has 0 saturated carbocycles. The molecule has 7 heteroatoms. The van der Waals surface area contributed by atoms with Crippen molar-refractivity contribution in [1.82, 2.24) is 5.16 Å². The number of nitro benzene ring substituents is 1.